The van der Waals surface area contributed by atoms with Crippen LogP contribution >= 0.6 is 0 Å². The summed E-state index contributed by atoms with van der Waals surface area (Å²) in [4.78, 5) is 0. The molecule has 1 aliphatic rings. The van der Waals surface area contributed by atoms with Crippen molar-refractivity contribution in [1.29, 1.82) is 0 Å². The lowest BCUT2D eigenvalue weighted by molar-refractivity contribution is 1.18. The van der Waals surface area contributed by atoms with Crippen molar-refractivity contribution in [2.45, 2.75) is 0 Å². The highest BCUT2D eigenvalue weighted by Crippen LogP contribution is 2.49. The lowest BCUT2D eigenvalue weighted by Gasteiger charge is -2.15. The van der Waals surface area contributed by atoms with Gasteiger partial charge in [-0.15, -0.1) is 0 Å². The second-order valence-electron chi connectivity index (χ2n) is 17.2. The molecule has 0 amide bonds. The molecule has 0 bridgehead atoms. The van der Waals surface area contributed by atoms with Crippen molar-refractivity contribution in [3.05, 3.63) is 231 Å². The van der Waals surface area contributed by atoms with E-state index < -0.39 is 0 Å². The maximum Gasteiger partial charge on any atom is 0.0619 e. The van der Waals surface area contributed by atoms with Crippen LogP contribution in [0.1, 0.15) is 0 Å². The quantitative estimate of drug-likeness (QED) is 0.164. The van der Waals surface area contributed by atoms with E-state index >= 15 is 0 Å². The van der Waals surface area contributed by atoms with Crippen LogP contribution in [-0.4, -0.2) is 9.13 Å². The SMILES string of the molecule is c1ccc(-n2c3cc(-c4ccc5c(c4)c4ccccc4n5-c4ccccc4-c4ccc(-c5ccc6c7c(cccc57)-c5ccccc5-6)cc4)ccc3c3ccc4ccccc4c32)cc1. The van der Waals surface area contributed by atoms with E-state index in [1.807, 2.05) is 0 Å². The van der Waals surface area contributed by atoms with Crippen molar-refractivity contribution in [1.82, 2.24) is 9.13 Å². The Balaban J connectivity index is 0.891. The second-order valence-corrected chi connectivity index (χ2v) is 17.2. The summed E-state index contributed by atoms with van der Waals surface area (Å²) < 4.78 is 4.91. The number of para-hydroxylation sites is 3. The summed E-state index contributed by atoms with van der Waals surface area (Å²) in [6.45, 7) is 0. The minimum atomic E-state index is 1.16. The largest absolute Gasteiger partial charge is 0.309 e. The molecule has 0 fully saturated rings. The van der Waals surface area contributed by atoms with Gasteiger partial charge < -0.3 is 9.13 Å². The van der Waals surface area contributed by atoms with Crippen molar-refractivity contribution in [2.24, 2.45) is 0 Å². The van der Waals surface area contributed by atoms with Crippen LogP contribution in [0.25, 0.3) is 132 Å². The first-order chi connectivity index (χ1) is 31.8. The fourth-order valence-corrected chi connectivity index (χ4v) is 11.0. The third-order valence-corrected chi connectivity index (χ3v) is 13.9. The molecule has 0 unspecified atom stereocenters. The fourth-order valence-electron chi connectivity index (χ4n) is 11.0. The predicted molar refractivity (Wildman–Crippen MR) is 271 cm³/mol. The van der Waals surface area contributed by atoms with Gasteiger partial charge >= 0.3 is 0 Å². The van der Waals surface area contributed by atoms with Crippen molar-refractivity contribution in [3.63, 3.8) is 0 Å². The first kappa shape index (κ1) is 35.2. The van der Waals surface area contributed by atoms with E-state index in [9.17, 15) is 0 Å². The number of hydrogen-bond acceptors (Lipinski definition) is 0. The third kappa shape index (κ3) is 5.02. The monoisotopic (exact) mass is 810 g/mol. The minimum absolute atomic E-state index is 1.16. The van der Waals surface area contributed by atoms with Crippen LogP contribution in [0.2, 0.25) is 0 Å². The van der Waals surface area contributed by atoms with Gasteiger partial charge in [-0.1, -0.05) is 188 Å². The summed E-state index contributed by atoms with van der Waals surface area (Å²) in [5, 5.41) is 10.2. The van der Waals surface area contributed by atoms with Gasteiger partial charge in [0.1, 0.15) is 0 Å². The Morgan fingerprint density at radius 2 is 0.812 bits per heavy atom. The molecule has 2 heterocycles. The van der Waals surface area contributed by atoms with Crippen LogP contribution < -0.4 is 0 Å². The average Bonchev–Trinajstić information content (AvgIpc) is 4.00. The molecule has 296 valence electrons. The maximum absolute atomic E-state index is 2.46. The Morgan fingerprint density at radius 1 is 0.250 bits per heavy atom. The topological polar surface area (TPSA) is 9.86 Å². The molecule has 0 saturated heterocycles. The van der Waals surface area contributed by atoms with Crippen molar-refractivity contribution >= 4 is 65.2 Å². The summed E-state index contributed by atoms with van der Waals surface area (Å²) in [6.07, 6.45) is 0. The van der Waals surface area contributed by atoms with Gasteiger partial charge in [0.25, 0.3) is 0 Å². The van der Waals surface area contributed by atoms with Crippen LogP contribution in [0, 0.1) is 0 Å². The zero-order valence-electron chi connectivity index (χ0n) is 34.8. The normalized spacial score (nSPS) is 12.1. The Bertz CT molecular complexity index is 4020. The smallest absolute Gasteiger partial charge is 0.0619 e. The summed E-state index contributed by atoms with van der Waals surface area (Å²) in [6, 6.07) is 85.2. The highest BCUT2D eigenvalue weighted by atomic mass is 15.0. The maximum atomic E-state index is 2.46. The van der Waals surface area contributed by atoms with Gasteiger partial charge in [-0.2, -0.15) is 0 Å². The van der Waals surface area contributed by atoms with Gasteiger partial charge in [0, 0.05) is 38.2 Å². The van der Waals surface area contributed by atoms with Gasteiger partial charge in [0.15, 0.2) is 0 Å². The average molecular weight is 811 g/mol. The van der Waals surface area contributed by atoms with E-state index in [4.69, 9.17) is 0 Å². The molecule has 0 N–H and O–H groups in total. The highest BCUT2D eigenvalue weighted by Gasteiger charge is 2.23. The zero-order valence-corrected chi connectivity index (χ0v) is 34.8. The number of nitrogens with zero attached hydrogens (tertiary/aromatic N) is 2. The van der Waals surface area contributed by atoms with Gasteiger partial charge in [-0.3, -0.25) is 0 Å². The third-order valence-electron chi connectivity index (χ3n) is 13.9. The summed E-state index contributed by atoms with van der Waals surface area (Å²) in [7, 11) is 0. The lowest BCUT2D eigenvalue weighted by Crippen LogP contribution is -1.97. The van der Waals surface area contributed by atoms with E-state index in [1.165, 1.54) is 126 Å². The molecule has 14 rings (SSSR count). The predicted octanol–water partition coefficient (Wildman–Crippen LogP) is 16.8. The molecule has 1 aliphatic carbocycles. The van der Waals surface area contributed by atoms with Gasteiger partial charge in [0.05, 0.1) is 27.8 Å². The molecule has 0 radical (unpaired) electrons. The number of benzene rings is 11. The molecule has 11 aromatic carbocycles. The Hall–Kier alpha value is -8.46. The summed E-state index contributed by atoms with van der Waals surface area (Å²) >= 11 is 0. The van der Waals surface area contributed by atoms with Crippen molar-refractivity contribution < 1.29 is 0 Å². The van der Waals surface area contributed by atoms with E-state index in [0.717, 1.165) is 5.69 Å². The van der Waals surface area contributed by atoms with E-state index in [2.05, 4.69) is 240 Å². The lowest BCUT2D eigenvalue weighted by atomic mass is 9.93. The van der Waals surface area contributed by atoms with Crippen molar-refractivity contribution in [3.8, 4) is 67.0 Å². The minimum Gasteiger partial charge on any atom is -0.309 e. The van der Waals surface area contributed by atoms with E-state index in [0.29, 0.717) is 0 Å². The molecule has 2 nitrogen and oxygen atoms in total. The summed E-state index contributed by atoms with van der Waals surface area (Å²) in [5.41, 5.74) is 19.7. The number of rotatable bonds is 5. The van der Waals surface area contributed by atoms with E-state index in [-0.39, 0.29) is 0 Å². The molecule has 13 aromatic rings. The van der Waals surface area contributed by atoms with E-state index in [1.54, 1.807) is 0 Å². The van der Waals surface area contributed by atoms with Gasteiger partial charge in [-0.25, -0.2) is 0 Å². The highest BCUT2D eigenvalue weighted by molar-refractivity contribution is 6.20. The standard InChI is InChI=1S/C62H38N2/c1-2-14-44(15-3-1)63-60-38-43(30-32-51(60)55-33-29-39-13-4-5-17-47(39)62(55)63)42-31-36-59-56(37-42)50-20-9-11-24-58(50)64(59)57-23-10-8-16-46(57)41-27-25-40(26-28-41)45-34-35-54-49-19-7-6-18-48(49)53-22-12-21-52(45)61(53)54/h1-38H. The second kappa shape index (κ2) is 13.5. The molecule has 64 heavy (non-hydrogen) atoms. The Kier molecular flexibility index (Phi) is 7.43. The van der Waals surface area contributed by atoms with Gasteiger partial charge in [0.2, 0.25) is 0 Å². The number of hydrogen-bond donors (Lipinski definition) is 0. The first-order valence-corrected chi connectivity index (χ1v) is 22.2. The molecule has 0 spiro atoms. The molecule has 2 aromatic heterocycles. The number of fused-ring (bicyclic) bond motifs is 11. The zero-order chi connectivity index (χ0) is 41.9. The van der Waals surface area contributed by atoms with Crippen molar-refractivity contribution in [2.75, 3.05) is 0 Å². The summed E-state index contributed by atoms with van der Waals surface area (Å²) in [5.74, 6) is 0. The van der Waals surface area contributed by atoms with Gasteiger partial charge in [-0.05, 0) is 109 Å². The van der Waals surface area contributed by atoms with Crippen LogP contribution in [0.4, 0.5) is 0 Å². The van der Waals surface area contributed by atoms with Crippen LogP contribution in [0.5, 0.6) is 0 Å². The molecule has 2 heteroatoms. The van der Waals surface area contributed by atoms with Crippen LogP contribution in [0.15, 0.2) is 231 Å². The molecular formula is C62H38N2. The molecule has 0 atom stereocenters. The fraction of sp³-hybridized carbons (Fsp3) is 0. The molecule has 0 saturated carbocycles. The molecule has 0 aliphatic heterocycles. The first-order valence-electron chi connectivity index (χ1n) is 22.2. The van der Waals surface area contributed by atoms with Crippen LogP contribution in [-0.2, 0) is 0 Å². The Morgan fingerprint density at radius 3 is 1.66 bits per heavy atom. The number of aromatic nitrogens is 2. The van der Waals surface area contributed by atoms with Crippen LogP contribution in [0.3, 0.4) is 0 Å². The molecular weight excluding hydrogens is 773 g/mol. The Labute approximate surface area is 370 Å².